The van der Waals surface area contributed by atoms with Crippen molar-refractivity contribution in [3.8, 4) is 0 Å². The molecule has 1 N–H and O–H groups in total. The molecule has 1 aromatic carbocycles. The average molecular weight is 382 g/mol. The molecule has 0 spiro atoms. The second-order valence-corrected chi connectivity index (χ2v) is 8.75. The second-order valence-electron chi connectivity index (χ2n) is 5.20. The van der Waals surface area contributed by atoms with Gasteiger partial charge < -0.3 is 4.74 Å². The molecule has 8 heteroatoms. The Kier molecular flexibility index (Phi) is 6.53. The predicted octanol–water partition coefficient (Wildman–Crippen LogP) is 4.17. The van der Waals surface area contributed by atoms with Crippen molar-refractivity contribution in [1.82, 2.24) is 10.2 Å². The molecule has 2 aromatic rings. The van der Waals surface area contributed by atoms with Crippen LogP contribution in [0.5, 0.6) is 0 Å². The van der Waals surface area contributed by atoms with Crippen LogP contribution in [0, 0.1) is 0 Å². The Morgan fingerprint density at radius 2 is 2.25 bits per heavy atom. The number of hydrogen-bond donors (Lipinski definition) is 1. The van der Waals surface area contributed by atoms with Crippen LogP contribution in [0.15, 0.2) is 33.5 Å². The molecule has 5 nitrogen and oxygen atoms in total. The Bertz CT molecular complexity index is 687. The lowest BCUT2D eigenvalue weighted by Crippen LogP contribution is -2.14. The first-order valence-electron chi connectivity index (χ1n) is 7.87. The number of ether oxygens (including phenoxy) is 1. The van der Waals surface area contributed by atoms with Gasteiger partial charge in [0.2, 0.25) is 5.13 Å². The molecule has 24 heavy (non-hydrogen) atoms. The highest BCUT2D eigenvalue weighted by Gasteiger charge is 2.18. The summed E-state index contributed by atoms with van der Waals surface area (Å²) >= 11 is 4.70. The molecule has 0 bridgehead atoms. The van der Waals surface area contributed by atoms with Crippen LogP contribution >= 0.6 is 34.9 Å². The zero-order chi connectivity index (χ0) is 16.8. The minimum atomic E-state index is -0.144. The van der Waals surface area contributed by atoms with E-state index in [1.54, 1.807) is 23.5 Å². The van der Waals surface area contributed by atoms with Gasteiger partial charge in [0.05, 0.1) is 11.7 Å². The minimum absolute atomic E-state index is 0.144. The van der Waals surface area contributed by atoms with Gasteiger partial charge in [-0.2, -0.15) is 0 Å². The second kappa shape index (κ2) is 8.84. The number of amides is 1. The quantitative estimate of drug-likeness (QED) is 0.573. The van der Waals surface area contributed by atoms with Crippen LogP contribution in [0.1, 0.15) is 30.1 Å². The summed E-state index contributed by atoms with van der Waals surface area (Å²) < 4.78 is 6.53. The standard InChI is InChI=1S/C16H19N3O2S3/c1-2-22-16-19-18-15(24-16)17-14(20)12-7-3-4-8-13(12)23-10-11-6-5-9-21-11/h3-4,7-8,11H,2,5-6,9-10H2,1H3,(H,17,18,20)/t11-/m1/s1. The maximum Gasteiger partial charge on any atom is 0.258 e. The van der Waals surface area contributed by atoms with E-state index in [4.69, 9.17) is 4.74 Å². The van der Waals surface area contributed by atoms with Crippen LogP contribution in [0.3, 0.4) is 0 Å². The third kappa shape index (κ3) is 4.72. The monoisotopic (exact) mass is 381 g/mol. The van der Waals surface area contributed by atoms with Crippen molar-refractivity contribution in [3.05, 3.63) is 29.8 Å². The summed E-state index contributed by atoms with van der Waals surface area (Å²) in [5.74, 6) is 1.67. The smallest absolute Gasteiger partial charge is 0.258 e. The topological polar surface area (TPSA) is 64.1 Å². The lowest BCUT2D eigenvalue weighted by Gasteiger charge is -2.11. The van der Waals surface area contributed by atoms with Crippen LogP contribution < -0.4 is 5.32 Å². The maximum atomic E-state index is 12.6. The molecule has 1 amide bonds. The van der Waals surface area contributed by atoms with Gasteiger partial charge in [0.25, 0.3) is 5.91 Å². The summed E-state index contributed by atoms with van der Waals surface area (Å²) in [6.07, 6.45) is 2.52. The lowest BCUT2D eigenvalue weighted by molar-refractivity contribution is 0.102. The number of rotatable bonds is 7. The van der Waals surface area contributed by atoms with E-state index >= 15 is 0 Å². The maximum absolute atomic E-state index is 12.6. The average Bonchev–Trinajstić information content (AvgIpc) is 3.25. The number of thioether (sulfide) groups is 2. The number of nitrogens with zero attached hydrogens (tertiary/aromatic N) is 2. The number of anilines is 1. The molecular formula is C16H19N3O2S3. The van der Waals surface area contributed by atoms with Crippen LogP contribution in [-0.2, 0) is 4.74 Å². The van der Waals surface area contributed by atoms with E-state index in [-0.39, 0.29) is 5.91 Å². The Morgan fingerprint density at radius 3 is 3.04 bits per heavy atom. The molecule has 2 heterocycles. The molecule has 1 aliphatic rings. The molecule has 0 aliphatic carbocycles. The van der Waals surface area contributed by atoms with E-state index in [1.165, 1.54) is 11.3 Å². The third-order valence-corrected chi connectivity index (χ3v) is 6.53. The van der Waals surface area contributed by atoms with Gasteiger partial charge in [-0.05, 0) is 30.7 Å². The van der Waals surface area contributed by atoms with Crippen molar-refractivity contribution in [2.45, 2.75) is 35.1 Å². The zero-order valence-electron chi connectivity index (χ0n) is 13.4. The highest BCUT2D eigenvalue weighted by atomic mass is 32.2. The van der Waals surface area contributed by atoms with Crippen LogP contribution in [0.2, 0.25) is 0 Å². The first kappa shape index (κ1) is 17.7. The summed E-state index contributed by atoms with van der Waals surface area (Å²) in [6, 6.07) is 7.65. The van der Waals surface area contributed by atoms with Crippen LogP contribution in [0.4, 0.5) is 5.13 Å². The molecule has 1 fully saturated rings. The number of carbonyl (C=O) groups is 1. The molecule has 0 unspecified atom stereocenters. The molecule has 0 radical (unpaired) electrons. The molecule has 0 saturated carbocycles. The van der Waals surface area contributed by atoms with Crippen LogP contribution in [0.25, 0.3) is 0 Å². The molecular weight excluding hydrogens is 362 g/mol. The van der Waals surface area contributed by atoms with Crippen molar-refractivity contribution < 1.29 is 9.53 Å². The van der Waals surface area contributed by atoms with E-state index in [1.807, 2.05) is 24.3 Å². The number of benzene rings is 1. The van der Waals surface area contributed by atoms with Crippen LogP contribution in [-0.4, -0.2) is 40.3 Å². The molecule has 1 saturated heterocycles. The van der Waals surface area contributed by atoms with Gasteiger partial charge in [-0.1, -0.05) is 42.2 Å². The fraction of sp³-hybridized carbons (Fsp3) is 0.438. The van der Waals surface area contributed by atoms with E-state index in [2.05, 4.69) is 22.4 Å². The van der Waals surface area contributed by atoms with Gasteiger partial charge >= 0.3 is 0 Å². The summed E-state index contributed by atoms with van der Waals surface area (Å²) in [7, 11) is 0. The highest BCUT2D eigenvalue weighted by Crippen LogP contribution is 2.29. The van der Waals surface area contributed by atoms with Crippen molar-refractivity contribution in [1.29, 1.82) is 0 Å². The molecule has 1 aliphatic heterocycles. The van der Waals surface area contributed by atoms with Crippen molar-refractivity contribution in [3.63, 3.8) is 0 Å². The Morgan fingerprint density at radius 1 is 1.38 bits per heavy atom. The van der Waals surface area contributed by atoms with Gasteiger partial charge in [0.1, 0.15) is 0 Å². The first-order valence-corrected chi connectivity index (χ1v) is 10.7. The Labute approximate surface area is 154 Å². The van der Waals surface area contributed by atoms with E-state index in [0.29, 0.717) is 16.8 Å². The van der Waals surface area contributed by atoms with E-state index < -0.39 is 0 Å². The SMILES string of the molecule is CCSc1nnc(NC(=O)c2ccccc2SC[C@H]2CCCO2)s1. The van der Waals surface area contributed by atoms with Gasteiger partial charge in [0, 0.05) is 17.3 Å². The van der Waals surface area contributed by atoms with Gasteiger partial charge in [-0.3, -0.25) is 10.1 Å². The fourth-order valence-electron chi connectivity index (χ4n) is 2.35. The third-order valence-electron chi connectivity index (χ3n) is 3.48. The number of carbonyl (C=O) groups excluding carboxylic acids is 1. The summed E-state index contributed by atoms with van der Waals surface area (Å²) in [4.78, 5) is 13.5. The number of hydrogen-bond acceptors (Lipinski definition) is 7. The largest absolute Gasteiger partial charge is 0.377 e. The summed E-state index contributed by atoms with van der Waals surface area (Å²) in [6.45, 7) is 2.91. The molecule has 3 rings (SSSR count). The molecule has 1 atom stereocenters. The lowest BCUT2D eigenvalue weighted by atomic mass is 10.2. The molecule has 128 valence electrons. The fourth-order valence-corrected chi connectivity index (χ4v) is 5.11. The van der Waals surface area contributed by atoms with Crippen molar-refractivity contribution >= 4 is 45.9 Å². The predicted molar refractivity (Wildman–Crippen MR) is 100 cm³/mol. The number of aromatic nitrogens is 2. The van der Waals surface area contributed by atoms with Gasteiger partial charge in [0.15, 0.2) is 4.34 Å². The summed E-state index contributed by atoms with van der Waals surface area (Å²) in [5.41, 5.74) is 0.667. The van der Waals surface area contributed by atoms with Crippen molar-refractivity contribution in [2.24, 2.45) is 0 Å². The Balaban J connectivity index is 1.64. The summed E-state index contributed by atoms with van der Waals surface area (Å²) in [5, 5.41) is 11.5. The highest BCUT2D eigenvalue weighted by molar-refractivity contribution is 8.01. The van der Waals surface area contributed by atoms with E-state index in [0.717, 1.165) is 40.2 Å². The molecule has 1 aromatic heterocycles. The van der Waals surface area contributed by atoms with Gasteiger partial charge in [-0.15, -0.1) is 22.0 Å². The zero-order valence-corrected chi connectivity index (χ0v) is 15.8. The van der Waals surface area contributed by atoms with Gasteiger partial charge in [-0.25, -0.2) is 0 Å². The minimum Gasteiger partial charge on any atom is -0.377 e. The van der Waals surface area contributed by atoms with Crippen molar-refractivity contribution in [2.75, 3.05) is 23.4 Å². The Hall–Kier alpha value is -1.09. The van der Waals surface area contributed by atoms with E-state index in [9.17, 15) is 4.79 Å². The first-order chi connectivity index (χ1) is 11.8. The normalized spacial score (nSPS) is 17.1. The number of nitrogens with one attached hydrogen (secondary N) is 1.